The average Bonchev–Trinajstić information content (AvgIpc) is 3.03. The van der Waals surface area contributed by atoms with Gasteiger partial charge in [-0.25, -0.2) is 4.98 Å². The molecule has 5 nitrogen and oxygen atoms in total. The number of anilines is 1. The Hall–Kier alpha value is -2.82. The van der Waals surface area contributed by atoms with E-state index < -0.39 is 0 Å². The van der Waals surface area contributed by atoms with Crippen LogP contribution in [0.4, 0.5) is 5.82 Å². The summed E-state index contributed by atoms with van der Waals surface area (Å²) >= 11 is 0. The second-order valence-corrected chi connectivity index (χ2v) is 5.72. The maximum absolute atomic E-state index is 11.8. The summed E-state index contributed by atoms with van der Waals surface area (Å²) in [7, 11) is 0. The summed E-state index contributed by atoms with van der Waals surface area (Å²) in [6, 6.07) is 11.9. The Morgan fingerprint density at radius 1 is 1.17 bits per heavy atom. The van der Waals surface area contributed by atoms with Crippen LogP contribution in [0.5, 0.6) is 0 Å². The lowest BCUT2D eigenvalue weighted by Gasteiger charge is -2.07. The lowest BCUT2D eigenvalue weighted by atomic mass is 10.1. The van der Waals surface area contributed by atoms with Gasteiger partial charge in [-0.05, 0) is 36.6 Å². The van der Waals surface area contributed by atoms with Crippen LogP contribution in [0, 0.1) is 0 Å². The fraction of sp³-hybridized carbons (Fsp3) is 0.263. The number of nitrogens with one attached hydrogen (secondary N) is 3. The number of amides is 1. The van der Waals surface area contributed by atoms with Crippen molar-refractivity contribution in [3.05, 3.63) is 59.9 Å². The molecule has 1 aromatic carbocycles. The van der Waals surface area contributed by atoms with Crippen molar-refractivity contribution in [2.75, 3.05) is 18.4 Å². The van der Waals surface area contributed by atoms with Gasteiger partial charge in [-0.3, -0.25) is 4.79 Å². The number of pyridine rings is 1. The van der Waals surface area contributed by atoms with Crippen LogP contribution in [0.15, 0.2) is 48.8 Å². The van der Waals surface area contributed by atoms with Gasteiger partial charge in [-0.2, -0.15) is 0 Å². The number of aromatic amines is 1. The second kappa shape index (κ2) is 7.64. The largest absolute Gasteiger partial charge is 0.370 e. The normalized spacial score (nSPS) is 10.7. The first-order chi connectivity index (χ1) is 11.8. The molecule has 3 rings (SSSR count). The highest BCUT2D eigenvalue weighted by atomic mass is 16.1. The maximum Gasteiger partial charge on any atom is 0.252 e. The van der Waals surface area contributed by atoms with Crippen molar-refractivity contribution in [2.24, 2.45) is 0 Å². The van der Waals surface area contributed by atoms with Crippen molar-refractivity contribution >= 4 is 22.6 Å². The van der Waals surface area contributed by atoms with E-state index in [9.17, 15) is 4.79 Å². The first-order valence-corrected chi connectivity index (χ1v) is 8.31. The molecule has 0 aliphatic heterocycles. The van der Waals surface area contributed by atoms with E-state index in [0.717, 1.165) is 30.7 Å². The van der Waals surface area contributed by atoms with Gasteiger partial charge < -0.3 is 15.6 Å². The molecule has 5 heteroatoms. The van der Waals surface area contributed by atoms with Crippen LogP contribution in [0.1, 0.15) is 29.3 Å². The number of benzene rings is 1. The van der Waals surface area contributed by atoms with E-state index in [-0.39, 0.29) is 5.91 Å². The number of H-pyrrole nitrogens is 1. The Bertz CT molecular complexity index is 808. The molecule has 1 amide bonds. The molecule has 2 aromatic heterocycles. The molecule has 24 heavy (non-hydrogen) atoms. The molecule has 0 fully saturated rings. The molecule has 3 aromatic rings. The third-order valence-corrected chi connectivity index (χ3v) is 3.94. The van der Waals surface area contributed by atoms with Crippen LogP contribution >= 0.6 is 0 Å². The van der Waals surface area contributed by atoms with Crippen molar-refractivity contribution in [1.29, 1.82) is 0 Å². The number of hydrogen-bond acceptors (Lipinski definition) is 3. The highest BCUT2D eigenvalue weighted by Gasteiger charge is 2.05. The van der Waals surface area contributed by atoms with Gasteiger partial charge >= 0.3 is 0 Å². The first-order valence-electron chi connectivity index (χ1n) is 8.31. The SMILES string of the molecule is CCCNC(=O)c1ccc(NCCc2c[nH]c3ccccc23)nc1. The fourth-order valence-electron chi connectivity index (χ4n) is 2.64. The van der Waals surface area contributed by atoms with Crippen LogP contribution in [0.3, 0.4) is 0 Å². The molecule has 124 valence electrons. The molecule has 0 aliphatic carbocycles. The number of aromatic nitrogens is 2. The molecule has 0 atom stereocenters. The first kappa shape index (κ1) is 16.1. The Labute approximate surface area is 141 Å². The van der Waals surface area contributed by atoms with E-state index in [2.05, 4.69) is 45.0 Å². The van der Waals surface area contributed by atoms with Crippen LogP contribution in [-0.2, 0) is 6.42 Å². The summed E-state index contributed by atoms with van der Waals surface area (Å²) in [6.07, 6.45) is 5.50. The van der Waals surface area contributed by atoms with Gasteiger partial charge in [0.05, 0.1) is 5.56 Å². The molecule has 0 aliphatic rings. The lowest BCUT2D eigenvalue weighted by Crippen LogP contribution is -2.24. The van der Waals surface area contributed by atoms with E-state index in [1.165, 1.54) is 10.9 Å². The summed E-state index contributed by atoms with van der Waals surface area (Å²) in [5.41, 5.74) is 3.03. The van der Waals surface area contributed by atoms with Gasteiger partial charge in [0.25, 0.3) is 5.91 Å². The molecular weight excluding hydrogens is 300 g/mol. The summed E-state index contributed by atoms with van der Waals surface area (Å²) < 4.78 is 0. The lowest BCUT2D eigenvalue weighted by molar-refractivity contribution is 0.0953. The molecule has 0 bridgehead atoms. The number of rotatable bonds is 7. The van der Waals surface area contributed by atoms with E-state index in [0.29, 0.717) is 12.1 Å². The topological polar surface area (TPSA) is 69.8 Å². The second-order valence-electron chi connectivity index (χ2n) is 5.72. The molecule has 0 spiro atoms. The Morgan fingerprint density at radius 2 is 2.04 bits per heavy atom. The zero-order valence-electron chi connectivity index (χ0n) is 13.8. The predicted molar refractivity (Wildman–Crippen MR) is 97.4 cm³/mol. The van der Waals surface area contributed by atoms with Gasteiger partial charge in [0.15, 0.2) is 0 Å². The predicted octanol–water partition coefficient (Wildman–Crippen LogP) is 3.36. The molecule has 2 heterocycles. The summed E-state index contributed by atoms with van der Waals surface area (Å²) in [4.78, 5) is 19.4. The van der Waals surface area contributed by atoms with Crippen LogP contribution in [0.25, 0.3) is 10.9 Å². The molecular formula is C19H22N4O. The van der Waals surface area contributed by atoms with Crippen LogP contribution in [0.2, 0.25) is 0 Å². The molecule has 0 saturated carbocycles. The minimum absolute atomic E-state index is 0.0744. The summed E-state index contributed by atoms with van der Waals surface area (Å²) in [5.74, 6) is 0.705. The Kier molecular flexibility index (Phi) is 5.11. The van der Waals surface area contributed by atoms with E-state index in [4.69, 9.17) is 0 Å². The van der Waals surface area contributed by atoms with Gasteiger partial charge in [0.2, 0.25) is 0 Å². The highest BCUT2D eigenvalue weighted by Crippen LogP contribution is 2.18. The van der Waals surface area contributed by atoms with Gasteiger partial charge in [0, 0.05) is 36.4 Å². The standard InChI is InChI=1S/C19H22N4O/c1-2-10-21-19(24)15-7-8-18(23-13-15)20-11-9-14-12-22-17-6-4-3-5-16(14)17/h3-8,12-13,22H,2,9-11H2,1H3,(H,20,23)(H,21,24). The molecule has 3 N–H and O–H groups in total. The van der Waals surface area contributed by atoms with E-state index in [1.54, 1.807) is 12.3 Å². The smallest absolute Gasteiger partial charge is 0.252 e. The van der Waals surface area contributed by atoms with Crippen LogP contribution < -0.4 is 10.6 Å². The van der Waals surface area contributed by atoms with Crippen molar-refractivity contribution in [3.8, 4) is 0 Å². The van der Waals surface area contributed by atoms with Crippen LogP contribution in [-0.4, -0.2) is 29.0 Å². The fourth-order valence-corrected chi connectivity index (χ4v) is 2.64. The molecule has 0 radical (unpaired) electrons. The number of carbonyl (C=O) groups is 1. The number of para-hydroxylation sites is 1. The monoisotopic (exact) mass is 322 g/mol. The number of fused-ring (bicyclic) bond motifs is 1. The van der Waals surface area contributed by atoms with Gasteiger partial charge in [-0.15, -0.1) is 0 Å². The maximum atomic E-state index is 11.8. The van der Waals surface area contributed by atoms with Crippen molar-refractivity contribution in [1.82, 2.24) is 15.3 Å². The number of carbonyl (C=O) groups excluding carboxylic acids is 1. The number of hydrogen-bond donors (Lipinski definition) is 3. The Balaban J connectivity index is 1.54. The zero-order chi connectivity index (χ0) is 16.8. The third kappa shape index (κ3) is 3.74. The quantitative estimate of drug-likeness (QED) is 0.625. The molecule has 0 saturated heterocycles. The highest BCUT2D eigenvalue weighted by molar-refractivity contribution is 5.94. The summed E-state index contributed by atoms with van der Waals surface area (Å²) in [5, 5.41) is 7.40. The minimum atomic E-state index is -0.0744. The Morgan fingerprint density at radius 3 is 2.83 bits per heavy atom. The average molecular weight is 322 g/mol. The third-order valence-electron chi connectivity index (χ3n) is 3.94. The summed E-state index contributed by atoms with van der Waals surface area (Å²) in [6.45, 7) is 3.50. The molecule has 0 unspecified atom stereocenters. The zero-order valence-corrected chi connectivity index (χ0v) is 13.8. The van der Waals surface area contributed by atoms with Crippen molar-refractivity contribution < 1.29 is 4.79 Å². The van der Waals surface area contributed by atoms with Gasteiger partial charge in [-0.1, -0.05) is 25.1 Å². The van der Waals surface area contributed by atoms with Crippen molar-refractivity contribution in [2.45, 2.75) is 19.8 Å². The van der Waals surface area contributed by atoms with E-state index >= 15 is 0 Å². The van der Waals surface area contributed by atoms with Crippen molar-refractivity contribution in [3.63, 3.8) is 0 Å². The van der Waals surface area contributed by atoms with E-state index in [1.807, 2.05) is 19.1 Å². The minimum Gasteiger partial charge on any atom is -0.370 e. The number of nitrogens with zero attached hydrogens (tertiary/aromatic N) is 1. The van der Waals surface area contributed by atoms with Gasteiger partial charge in [0.1, 0.15) is 5.82 Å².